The van der Waals surface area contributed by atoms with Gasteiger partial charge in [0, 0.05) is 5.57 Å². The molecule has 0 atom stereocenters. The molecule has 0 aliphatic rings. The predicted octanol–water partition coefficient (Wildman–Crippen LogP) is 5.74. The number of aliphatic imine (C=N–C) groups is 1. The minimum atomic E-state index is -5.46. The number of nitrogens with zero attached hydrogens (tertiary/aromatic N) is 1. The molecule has 0 aromatic heterocycles. The van der Waals surface area contributed by atoms with E-state index in [0.717, 1.165) is 6.92 Å². The second-order valence-corrected chi connectivity index (χ2v) is 4.30. The average molecular weight is 341 g/mol. The summed E-state index contributed by atoms with van der Waals surface area (Å²) in [5.41, 5.74) is -6.34. The van der Waals surface area contributed by atoms with E-state index in [-0.39, 0.29) is 6.42 Å². The second kappa shape index (κ2) is 6.74. The van der Waals surface area contributed by atoms with Crippen LogP contribution in [0.25, 0.3) is 0 Å². The largest absolute Gasteiger partial charge is 0.433 e. The molecule has 0 aliphatic carbocycles. The van der Waals surface area contributed by atoms with Crippen LogP contribution in [0.1, 0.15) is 27.2 Å². The van der Waals surface area contributed by atoms with Crippen molar-refractivity contribution in [3.05, 3.63) is 22.9 Å². The number of alkyl halides is 9. The van der Waals surface area contributed by atoms with Crippen LogP contribution < -0.4 is 0 Å². The fourth-order valence-corrected chi connectivity index (χ4v) is 1.15. The third kappa shape index (κ3) is 6.10. The van der Waals surface area contributed by atoms with Gasteiger partial charge in [-0.2, -0.15) is 39.5 Å². The number of rotatable bonds is 3. The van der Waals surface area contributed by atoms with Crippen molar-refractivity contribution < 1.29 is 39.5 Å². The maximum absolute atomic E-state index is 12.7. The molecular formula is C12H12F9N. The lowest BCUT2D eigenvalue weighted by Gasteiger charge is -2.15. The molecule has 0 aromatic rings. The Balaban J connectivity index is 6.24. The van der Waals surface area contributed by atoms with E-state index < -0.39 is 47.2 Å². The topological polar surface area (TPSA) is 12.4 Å². The van der Waals surface area contributed by atoms with Crippen molar-refractivity contribution in [3.8, 4) is 0 Å². The van der Waals surface area contributed by atoms with Crippen LogP contribution in [0.3, 0.4) is 0 Å². The van der Waals surface area contributed by atoms with E-state index >= 15 is 0 Å². The molecule has 0 aromatic carbocycles. The maximum Gasteiger partial charge on any atom is 0.433 e. The minimum Gasteiger partial charge on any atom is -0.239 e. The summed E-state index contributed by atoms with van der Waals surface area (Å²) in [6.45, 7) is 2.46. The molecule has 0 radical (unpaired) electrons. The molecule has 0 fully saturated rings. The van der Waals surface area contributed by atoms with Gasteiger partial charge in [-0.05, 0) is 31.9 Å². The van der Waals surface area contributed by atoms with Gasteiger partial charge in [0.05, 0.1) is 0 Å². The predicted molar refractivity (Wildman–Crippen MR) is 62.3 cm³/mol. The molecule has 0 saturated heterocycles. The Labute approximate surface area is 120 Å². The first-order valence-electron chi connectivity index (χ1n) is 5.79. The summed E-state index contributed by atoms with van der Waals surface area (Å²) < 4.78 is 113. The normalized spacial score (nSPS) is 16.7. The monoisotopic (exact) mass is 341 g/mol. The zero-order chi connectivity index (χ0) is 17.9. The Hall–Kier alpha value is -1.48. The van der Waals surface area contributed by atoms with Gasteiger partial charge in [-0.25, -0.2) is 4.99 Å². The Bertz CT molecular complexity index is 486. The molecule has 0 aliphatic heterocycles. The summed E-state index contributed by atoms with van der Waals surface area (Å²) in [5.74, 6) is 0. The third-order valence-electron chi connectivity index (χ3n) is 2.53. The second-order valence-electron chi connectivity index (χ2n) is 4.30. The van der Waals surface area contributed by atoms with E-state index in [1.54, 1.807) is 0 Å². The van der Waals surface area contributed by atoms with Crippen LogP contribution in [-0.4, -0.2) is 24.2 Å². The molecule has 10 heteroatoms. The highest BCUT2D eigenvalue weighted by Crippen LogP contribution is 2.33. The highest BCUT2D eigenvalue weighted by molar-refractivity contribution is 6.00. The fraction of sp³-hybridized carbons (Fsp3) is 0.583. The highest BCUT2D eigenvalue weighted by atomic mass is 19.4. The van der Waals surface area contributed by atoms with Crippen LogP contribution in [-0.2, 0) is 0 Å². The van der Waals surface area contributed by atoms with Crippen molar-refractivity contribution in [1.29, 1.82) is 0 Å². The van der Waals surface area contributed by atoms with Crippen molar-refractivity contribution in [2.24, 2.45) is 4.99 Å². The van der Waals surface area contributed by atoms with Crippen LogP contribution in [0.15, 0.2) is 27.9 Å². The van der Waals surface area contributed by atoms with E-state index in [4.69, 9.17) is 0 Å². The summed E-state index contributed by atoms with van der Waals surface area (Å²) >= 11 is 0. The standard InChI is InChI=1S/C12H12F9N/c1-4-6(2)9(12(19,20)21)22-8(11(16,17)18)5-7(3)10(13,14)15/h5H,4H2,1-3H3/b7-5+,9-6+,22-8+. The van der Waals surface area contributed by atoms with Crippen molar-refractivity contribution in [3.63, 3.8) is 0 Å². The van der Waals surface area contributed by atoms with Gasteiger partial charge >= 0.3 is 18.5 Å². The molecule has 0 amide bonds. The van der Waals surface area contributed by atoms with E-state index in [1.165, 1.54) is 6.92 Å². The maximum atomic E-state index is 12.7. The molecule has 0 rings (SSSR count). The lowest BCUT2D eigenvalue weighted by Crippen LogP contribution is -2.25. The summed E-state index contributed by atoms with van der Waals surface area (Å²) in [6, 6.07) is 0. The van der Waals surface area contributed by atoms with Gasteiger partial charge < -0.3 is 0 Å². The summed E-state index contributed by atoms with van der Waals surface area (Å²) in [7, 11) is 0. The third-order valence-corrected chi connectivity index (χ3v) is 2.53. The van der Waals surface area contributed by atoms with Crippen LogP contribution in [0.4, 0.5) is 39.5 Å². The summed E-state index contributed by atoms with van der Waals surface area (Å²) in [5, 5.41) is 0. The Kier molecular flexibility index (Phi) is 6.29. The molecule has 1 nitrogen and oxygen atoms in total. The zero-order valence-corrected chi connectivity index (χ0v) is 11.6. The van der Waals surface area contributed by atoms with Gasteiger partial charge in [0.15, 0.2) is 0 Å². The minimum absolute atomic E-state index is 0.258. The Morgan fingerprint density at radius 1 is 0.818 bits per heavy atom. The SMILES string of the molecule is CC/C(C)=C(/N=C(\C=C(/C)C(F)(F)F)C(F)(F)F)C(F)(F)F. The van der Waals surface area contributed by atoms with Gasteiger partial charge in [0.1, 0.15) is 11.4 Å². The molecule has 0 bridgehead atoms. The molecular weight excluding hydrogens is 329 g/mol. The molecule has 22 heavy (non-hydrogen) atoms. The quantitative estimate of drug-likeness (QED) is 0.458. The zero-order valence-electron chi connectivity index (χ0n) is 11.6. The van der Waals surface area contributed by atoms with Crippen LogP contribution in [0.2, 0.25) is 0 Å². The van der Waals surface area contributed by atoms with Crippen LogP contribution in [0.5, 0.6) is 0 Å². The van der Waals surface area contributed by atoms with Gasteiger partial charge in [0.2, 0.25) is 0 Å². The summed E-state index contributed by atoms with van der Waals surface area (Å²) in [6.07, 6.45) is -16.5. The Morgan fingerprint density at radius 2 is 1.27 bits per heavy atom. The Morgan fingerprint density at radius 3 is 1.55 bits per heavy atom. The molecule has 128 valence electrons. The van der Waals surface area contributed by atoms with Crippen LogP contribution >= 0.6 is 0 Å². The number of allylic oxidation sites excluding steroid dienone is 4. The summed E-state index contributed by atoms with van der Waals surface area (Å²) in [4.78, 5) is 2.41. The molecule has 0 N–H and O–H groups in total. The van der Waals surface area contributed by atoms with Crippen molar-refractivity contribution in [2.75, 3.05) is 0 Å². The first-order valence-corrected chi connectivity index (χ1v) is 5.79. The molecule has 0 spiro atoms. The van der Waals surface area contributed by atoms with E-state index in [2.05, 4.69) is 4.99 Å². The van der Waals surface area contributed by atoms with Gasteiger partial charge in [-0.3, -0.25) is 0 Å². The number of halogens is 9. The highest BCUT2D eigenvalue weighted by Gasteiger charge is 2.41. The van der Waals surface area contributed by atoms with Gasteiger partial charge in [0.25, 0.3) is 0 Å². The van der Waals surface area contributed by atoms with Crippen molar-refractivity contribution in [2.45, 2.75) is 45.7 Å². The van der Waals surface area contributed by atoms with E-state index in [0.29, 0.717) is 6.92 Å². The van der Waals surface area contributed by atoms with E-state index in [1.807, 2.05) is 0 Å². The first kappa shape index (κ1) is 20.5. The molecule has 0 unspecified atom stereocenters. The first-order chi connectivity index (χ1) is 9.60. The number of hydrogen-bond donors (Lipinski definition) is 0. The van der Waals surface area contributed by atoms with Gasteiger partial charge in [-0.15, -0.1) is 0 Å². The van der Waals surface area contributed by atoms with Gasteiger partial charge in [-0.1, -0.05) is 6.92 Å². The fourth-order valence-electron chi connectivity index (χ4n) is 1.15. The lowest BCUT2D eigenvalue weighted by atomic mass is 10.1. The smallest absolute Gasteiger partial charge is 0.239 e. The molecule has 0 heterocycles. The lowest BCUT2D eigenvalue weighted by molar-refractivity contribution is -0.0940. The van der Waals surface area contributed by atoms with E-state index in [9.17, 15) is 39.5 Å². The number of hydrogen-bond acceptors (Lipinski definition) is 1. The average Bonchev–Trinajstić information content (AvgIpc) is 2.28. The van der Waals surface area contributed by atoms with Crippen LogP contribution in [0, 0.1) is 0 Å². The molecule has 0 saturated carbocycles. The van der Waals surface area contributed by atoms with Crippen molar-refractivity contribution >= 4 is 5.71 Å². The van der Waals surface area contributed by atoms with Crippen molar-refractivity contribution in [1.82, 2.24) is 0 Å².